The highest BCUT2D eigenvalue weighted by Gasteiger charge is 2.41. The number of rotatable bonds is 4. The molecule has 0 unspecified atom stereocenters. The quantitative estimate of drug-likeness (QED) is 0.850. The first kappa shape index (κ1) is 19.1. The number of aromatic nitrogens is 2. The number of carbonyl (C=O) groups is 2. The summed E-state index contributed by atoms with van der Waals surface area (Å²) in [6, 6.07) is 5.92. The second kappa shape index (κ2) is 7.99. The first-order valence-electron chi connectivity index (χ1n) is 10.00. The normalized spacial score (nSPS) is 27.8. The standard InChI is InChI=1S/C21H26N4O2S/c1-13-6-5-8-18(14(13)2)25-11-15(10-19(25)26)20(27)24-21-23-17(12-28-21)16-7-3-4-9-22-16/h3-4,7,9,12-15,18H,5-6,8,10-11H2,1-2H3,(H,23,24,27)/t13-,14-,15-,18-/m1/s1. The number of likely N-dealkylation sites (tertiary alicyclic amines) is 1. The summed E-state index contributed by atoms with van der Waals surface area (Å²) in [5, 5.41) is 5.34. The van der Waals surface area contributed by atoms with Crippen molar-refractivity contribution in [3.63, 3.8) is 0 Å². The van der Waals surface area contributed by atoms with Gasteiger partial charge in [-0.15, -0.1) is 11.3 Å². The summed E-state index contributed by atoms with van der Waals surface area (Å²) in [4.78, 5) is 36.1. The van der Waals surface area contributed by atoms with Crippen LogP contribution in [-0.4, -0.2) is 39.3 Å². The first-order chi connectivity index (χ1) is 13.5. The Morgan fingerprint density at radius 2 is 2.11 bits per heavy atom. The van der Waals surface area contributed by atoms with Crippen molar-refractivity contribution in [1.29, 1.82) is 0 Å². The van der Waals surface area contributed by atoms with Gasteiger partial charge in [-0.2, -0.15) is 0 Å². The molecule has 0 radical (unpaired) electrons. The molecule has 2 amide bonds. The molecule has 1 N–H and O–H groups in total. The number of nitrogens with zero attached hydrogens (tertiary/aromatic N) is 3. The first-order valence-corrected chi connectivity index (χ1v) is 10.9. The number of anilines is 1. The Morgan fingerprint density at radius 3 is 2.89 bits per heavy atom. The Bertz CT molecular complexity index is 853. The van der Waals surface area contributed by atoms with E-state index < -0.39 is 0 Å². The van der Waals surface area contributed by atoms with E-state index in [1.54, 1.807) is 6.20 Å². The molecule has 1 saturated carbocycles. The van der Waals surface area contributed by atoms with Crippen LogP contribution in [0.2, 0.25) is 0 Å². The minimum Gasteiger partial charge on any atom is -0.339 e. The minimum atomic E-state index is -0.306. The lowest BCUT2D eigenvalue weighted by Gasteiger charge is -2.40. The molecule has 0 aromatic carbocycles. The zero-order valence-corrected chi connectivity index (χ0v) is 17.1. The third kappa shape index (κ3) is 3.81. The van der Waals surface area contributed by atoms with Crippen LogP contribution in [0.1, 0.15) is 39.5 Å². The van der Waals surface area contributed by atoms with Gasteiger partial charge in [0.1, 0.15) is 5.69 Å². The van der Waals surface area contributed by atoms with Gasteiger partial charge in [0.2, 0.25) is 11.8 Å². The molecule has 2 aromatic rings. The van der Waals surface area contributed by atoms with Crippen LogP contribution in [0.4, 0.5) is 5.13 Å². The molecular weight excluding hydrogens is 372 g/mol. The Morgan fingerprint density at radius 1 is 1.25 bits per heavy atom. The Balaban J connectivity index is 1.39. The van der Waals surface area contributed by atoms with Crippen LogP contribution in [0.15, 0.2) is 29.8 Å². The summed E-state index contributed by atoms with van der Waals surface area (Å²) >= 11 is 1.38. The summed E-state index contributed by atoms with van der Waals surface area (Å²) in [5.41, 5.74) is 1.52. The maximum atomic E-state index is 12.7. The maximum absolute atomic E-state index is 12.7. The molecule has 1 saturated heterocycles. The molecule has 4 rings (SSSR count). The maximum Gasteiger partial charge on any atom is 0.231 e. The zero-order valence-electron chi connectivity index (χ0n) is 16.3. The van der Waals surface area contributed by atoms with Crippen LogP contribution in [0.25, 0.3) is 11.4 Å². The number of carbonyl (C=O) groups excluding carboxylic acids is 2. The second-order valence-corrected chi connectivity index (χ2v) is 8.88. The fourth-order valence-electron chi connectivity index (χ4n) is 4.39. The van der Waals surface area contributed by atoms with Crippen molar-refractivity contribution in [2.45, 2.75) is 45.6 Å². The Labute approximate surface area is 169 Å². The highest BCUT2D eigenvalue weighted by atomic mass is 32.1. The molecule has 1 aliphatic heterocycles. The van der Waals surface area contributed by atoms with E-state index in [-0.39, 0.29) is 23.8 Å². The predicted octanol–water partition coefficient (Wildman–Crippen LogP) is 3.82. The Hall–Kier alpha value is -2.28. The van der Waals surface area contributed by atoms with Crippen molar-refractivity contribution in [2.75, 3.05) is 11.9 Å². The number of thiazole rings is 1. The summed E-state index contributed by atoms with van der Waals surface area (Å²) in [5.74, 6) is 0.798. The SMILES string of the molecule is C[C@@H]1[C@H](C)CCC[C@H]1N1C[C@H](C(=O)Nc2nc(-c3ccccn3)cs2)CC1=O. The highest BCUT2D eigenvalue weighted by Crippen LogP contribution is 2.36. The van der Waals surface area contributed by atoms with Crippen LogP contribution in [0, 0.1) is 17.8 Å². The molecule has 4 atom stereocenters. The lowest BCUT2D eigenvalue weighted by atomic mass is 9.77. The molecule has 1 aliphatic carbocycles. The van der Waals surface area contributed by atoms with Crippen LogP contribution >= 0.6 is 11.3 Å². The number of pyridine rings is 1. The van der Waals surface area contributed by atoms with Gasteiger partial charge in [0.05, 0.1) is 11.6 Å². The van der Waals surface area contributed by atoms with Crippen molar-refractivity contribution < 1.29 is 9.59 Å². The van der Waals surface area contributed by atoms with Gasteiger partial charge in [0.25, 0.3) is 0 Å². The molecule has 7 heteroatoms. The van der Waals surface area contributed by atoms with E-state index in [0.29, 0.717) is 29.9 Å². The fraction of sp³-hybridized carbons (Fsp3) is 0.524. The van der Waals surface area contributed by atoms with E-state index in [1.165, 1.54) is 17.8 Å². The van der Waals surface area contributed by atoms with E-state index in [1.807, 2.05) is 28.5 Å². The zero-order chi connectivity index (χ0) is 19.7. The van der Waals surface area contributed by atoms with E-state index in [2.05, 4.69) is 29.1 Å². The number of hydrogen-bond acceptors (Lipinski definition) is 5. The highest BCUT2D eigenvalue weighted by molar-refractivity contribution is 7.14. The molecular formula is C21H26N4O2S. The van der Waals surface area contributed by atoms with Crippen molar-refractivity contribution >= 4 is 28.3 Å². The largest absolute Gasteiger partial charge is 0.339 e. The van der Waals surface area contributed by atoms with Gasteiger partial charge in [0.15, 0.2) is 5.13 Å². The van der Waals surface area contributed by atoms with Crippen LogP contribution < -0.4 is 5.32 Å². The lowest BCUT2D eigenvalue weighted by Crippen LogP contribution is -2.45. The van der Waals surface area contributed by atoms with Crippen molar-refractivity contribution in [3.05, 3.63) is 29.8 Å². The number of hydrogen-bond donors (Lipinski definition) is 1. The van der Waals surface area contributed by atoms with Gasteiger partial charge in [-0.1, -0.05) is 32.8 Å². The summed E-state index contributed by atoms with van der Waals surface area (Å²) in [6.45, 7) is 5.03. The van der Waals surface area contributed by atoms with Gasteiger partial charge in [-0.3, -0.25) is 14.6 Å². The molecule has 2 aromatic heterocycles. The summed E-state index contributed by atoms with van der Waals surface area (Å²) < 4.78 is 0. The third-order valence-corrected chi connectivity index (χ3v) is 7.01. The molecule has 148 valence electrons. The van der Waals surface area contributed by atoms with Crippen molar-refractivity contribution in [2.24, 2.45) is 17.8 Å². The van der Waals surface area contributed by atoms with E-state index >= 15 is 0 Å². The lowest BCUT2D eigenvalue weighted by molar-refractivity contribution is -0.131. The second-order valence-electron chi connectivity index (χ2n) is 8.02. The van der Waals surface area contributed by atoms with Gasteiger partial charge < -0.3 is 10.2 Å². The monoisotopic (exact) mass is 398 g/mol. The van der Waals surface area contributed by atoms with Crippen molar-refractivity contribution in [1.82, 2.24) is 14.9 Å². The summed E-state index contributed by atoms with van der Waals surface area (Å²) in [7, 11) is 0. The molecule has 28 heavy (non-hydrogen) atoms. The van der Waals surface area contributed by atoms with Crippen LogP contribution in [-0.2, 0) is 9.59 Å². The third-order valence-electron chi connectivity index (χ3n) is 6.26. The molecule has 2 aliphatic rings. The molecule has 2 fully saturated rings. The minimum absolute atomic E-state index is 0.111. The molecule has 0 spiro atoms. The molecule has 3 heterocycles. The van der Waals surface area contributed by atoms with E-state index in [9.17, 15) is 9.59 Å². The van der Waals surface area contributed by atoms with Gasteiger partial charge in [-0.05, 0) is 30.4 Å². The van der Waals surface area contributed by atoms with Crippen LogP contribution in [0.5, 0.6) is 0 Å². The summed E-state index contributed by atoms with van der Waals surface area (Å²) in [6.07, 6.45) is 5.45. The number of nitrogens with one attached hydrogen (secondary N) is 1. The van der Waals surface area contributed by atoms with Gasteiger partial charge in [-0.25, -0.2) is 4.98 Å². The average Bonchev–Trinajstić information content (AvgIpc) is 3.32. The fourth-order valence-corrected chi connectivity index (χ4v) is 5.10. The van der Waals surface area contributed by atoms with Crippen molar-refractivity contribution in [3.8, 4) is 11.4 Å². The number of amides is 2. The average molecular weight is 399 g/mol. The van der Waals surface area contributed by atoms with E-state index in [4.69, 9.17) is 0 Å². The topological polar surface area (TPSA) is 75.2 Å². The Kier molecular flexibility index (Phi) is 5.44. The van der Waals surface area contributed by atoms with E-state index in [0.717, 1.165) is 24.2 Å². The smallest absolute Gasteiger partial charge is 0.231 e. The van der Waals surface area contributed by atoms with Gasteiger partial charge in [0, 0.05) is 30.6 Å². The molecule has 0 bridgehead atoms. The molecule has 6 nitrogen and oxygen atoms in total. The van der Waals surface area contributed by atoms with Crippen LogP contribution in [0.3, 0.4) is 0 Å². The van der Waals surface area contributed by atoms with Gasteiger partial charge >= 0.3 is 0 Å². The predicted molar refractivity (Wildman–Crippen MR) is 110 cm³/mol.